The molecular formula is C14H17N3O3S2. The SMILES string of the molecule is COc1ccccc1S(=O)(=O)N1CCN(c2nccs2)CC1. The minimum atomic E-state index is -3.53. The van der Waals surface area contributed by atoms with Gasteiger partial charge in [0.15, 0.2) is 5.13 Å². The van der Waals surface area contributed by atoms with Crippen molar-refractivity contribution < 1.29 is 13.2 Å². The molecule has 0 saturated carbocycles. The molecule has 1 saturated heterocycles. The standard InChI is InChI=1S/C14H17N3O3S2/c1-20-12-4-2-3-5-13(12)22(18,19)17-9-7-16(8-10-17)14-15-6-11-21-14/h2-6,11H,7-10H2,1H3. The van der Waals surface area contributed by atoms with E-state index in [0.717, 1.165) is 5.13 Å². The smallest absolute Gasteiger partial charge is 0.246 e. The molecule has 0 unspecified atom stereocenters. The van der Waals surface area contributed by atoms with E-state index in [1.165, 1.54) is 11.4 Å². The van der Waals surface area contributed by atoms with Crippen molar-refractivity contribution in [2.24, 2.45) is 0 Å². The van der Waals surface area contributed by atoms with Crippen LogP contribution in [0.4, 0.5) is 5.13 Å². The van der Waals surface area contributed by atoms with Crippen molar-refractivity contribution in [2.75, 3.05) is 38.2 Å². The number of hydrogen-bond donors (Lipinski definition) is 0. The molecule has 0 spiro atoms. The predicted molar refractivity (Wildman–Crippen MR) is 86.1 cm³/mol. The van der Waals surface area contributed by atoms with Gasteiger partial charge in [0.2, 0.25) is 10.0 Å². The van der Waals surface area contributed by atoms with Gasteiger partial charge in [0.25, 0.3) is 0 Å². The Balaban J connectivity index is 1.77. The topological polar surface area (TPSA) is 62.7 Å². The Morgan fingerprint density at radius 3 is 2.55 bits per heavy atom. The van der Waals surface area contributed by atoms with Gasteiger partial charge in [-0.2, -0.15) is 4.31 Å². The number of hydrogen-bond acceptors (Lipinski definition) is 6. The molecule has 6 nitrogen and oxygen atoms in total. The molecular weight excluding hydrogens is 322 g/mol. The molecule has 22 heavy (non-hydrogen) atoms. The van der Waals surface area contributed by atoms with E-state index < -0.39 is 10.0 Å². The lowest BCUT2D eigenvalue weighted by Crippen LogP contribution is -2.48. The number of thiazole rings is 1. The summed E-state index contributed by atoms with van der Waals surface area (Å²) in [5.41, 5.74) is 0. The fourth-order valence-corrected chi connectivity index (χ4v) is 4.74. The van der Waals surface area contributed by atoms with Crippen molar-refractivity contribution >= 4 is 26.5 Å². The molecule has 2 aromatic rings. The van der Waals surface area contributed by atoms with Gasteiger partial charge in [0.05, 0.1) is 7.11 Å². The van der Waals surface area contributed by atoms with Crippen molar-refractivity contribution in [3.8, 4) is 5.75 Å². The maximum atomic E-state index is 12.8. The second kappa shape index (κ2) is 6.23. The minimum Gasteiger partial charge on any atom is -0.495 e. The van der Waals surface area contributed by atoms with Gasteiger partial charge >= 0.3 is 0 Å². The molecule has 8 heteroatoms. The fraction of sp³-hybridized carbons (Fsp3) is 0.357. The van der Waals surface area contributed by atoms with Crippen molar-refractivity contribution in [3.63, 3.8) is 0 Å². The lowest BCUT2D eigenvalue weighted by atomic mass is 10.3. The van der Waals surface area contributed by atoms with Gasteiger partial charge in [-0.1, -0.05) is 12.1 Å². The second-order valence-corrected chi connectivity index (χ2v) is 7.64. The van der Waals surface area contributed by atoms with Gasteiger partial charge in [-0.15, -0.1) is 11.3 Å². The molecule has 0 bridgehead atoms. The van der Waals surface area contributed by atoms with Crippen LogP contribution in [-0.4, -0.2) is 51.0 Å². The van der Waals surface area contributed by atoms with Crippen LogP contribution in [0.2, 0.25) is 0 Å². The molecule has 1 aromatic carbocycles. The van der Waals surface area contributed by atoms with Crippen molar-refractivity contribution in [1.82, 2.24) is 9.29 Å². The number of rotatable bonds is 4. The first-order valence-corrected chi connectivity index (χ1v) is 9.22. The van der Waals surface area contributed by atoms with Gasteiger partial charge in [-0.25, -0.2) is 13.4 Å². The Kier molecular flexibility index (Phi) is 4.32. The maximum Gasteiger partial charge on any atom is 0.246 e. The van der Waals surface area contributed by atoms with Crippen LogP contribution < -0.4 is 9.64 Å². The van der Waals surface area contributed by atoms with Gasteiger partial charge in [0.1, 0.15) is 10.6 Å². The largest absolute Gasteiger partial charge is 0.495 e. The summed E-state index contributed by atoms with van der Waals surface area (Å²) in [6.45, 7) is 2.17. The van der Waals surface area contributed by atoms with E-state index in [-0.39, 0.29) is 4.90 Å². The monoisotopic (exact) mass is 339 g/mol. The number of para-hydroxylation sites is 1. The van der Waals surface area contributed by atoms with Gasteiger partial charge in [0, 0.05) is 37.8 Å². The normalized spacial score (nSPS) is 16.7. The average molecular weight is 339 g/mol. The fourth-order valence-electron chi connectivity index (χ4n) is 2.46. The first-order valence-electron chi connectivity index (χ1n) is 6.90. The Labute approximate surface area is 134 Å². The number of piperazine rings is 1. The van der Waals surface area contributed by atoms with Crippen LogP contribution in [0.3, 0.4) is 0 Å². The highest BCUT2D eigenvalue weighted by molar-refractivity contribution is 7.89. The summed E-state index contributed by atoms with van der Waals surface area (Å²) in [4.78, 5) is 6.60. The zero-order chi connectivity index (χ0) is 15.6. The zero-order valence-corrected chi connectivity index (χ0v) is 13.8. The number of benzene rings is 1. The van der Waals surface area contributed by atoms with Crippen molar-refractivity contribution in [1.29, 1.82) is 0 Å². The molecule has 0 aliphatic carbocycles. The van der Waals surface area contributed by atoms with Crippen LogP contribution >= 0.6 is 11.3 Å². The molecule has 1 aliphatic rings. The zero-order valence-electron chi connectivity index (χ0n) is 12.2. The van der Waals surface area contributed by atoms with E-state index >= 15 is 0 Å². The molecule has 1 fully saturated rings. The molecule has 0 radical (unpaired) electrons. The second-order valence-electron chi connectivity index (χ2n) is 4.86. The lowest BCUT2D eigenvalue weighted by Gasteiger charge is -2.33. The summed E-state index contributed by atoms with van der Waals surface area (Å²) in [5.74, 6) is 0.379. The van der Waals surface area contributed by atoms with E-state index in [9.17, 15) is 8.42 Å². The Morgan fingerprint density at radius 1 is 1.18 bits per heavy atom. The van der Waals surface area contributed by atoms with E-state index in [1.807, 2.05) is 5.38 Å². The quantitative estimate of drug-likeness (QED) is 0.848. The number of aromatic nitrogens is 1. The highest BCUT2D eigenvalue weighted by Crippen LogP contribution is 2.28. The summed E-state index contributed by atoms with van der Waals surface area (Å²) in [6.07, 6.45) is 1.76. The molecule has 3 rings (SSSR count). The Bertz CT molecular complexity index is 724. The number of nitrogens with zero attached hydrogens (tertiary/aromatic N) is 3. The first kappa shape index (κ1) is 15.3. The predicted octanol–water partition coefficient (Wildman–Crippen LogP) is 1.66. The first-order chi connectivity index (χ1) is 10.6. The van der Waals surface area contributed by atoms with E-state index in [0.29, 0.717) is 31.9 Å². The highest BCUT2D eigenvalue weighted by Gasteiger charge is 2.31. The average Bonchev–Trinajstić information content (AvgIpc) is 3.09. The third kappa shape index (κ3) is 2.81. The van der Waals surface area contributed by atoms with Crippen LogP contribution in [0.5, 0.6) is 5.75 Å². The molecule has 0 atom stereocenters. The summed E-state index contributed by atoms with van der Waals surface area (Å²) < 4.78 is 32.2. The minimum absolute atomic E-state index is 0.222. The summed E-state index contributed by atoms with van der Waals surface area (Å²) in [7, 11) is -2.05. The van der Waals surface area contributed by atoms with Crippen LogP contribution in [0.25, 0.3) is 0 Å². The molecule has 1 aliphatic heterocycles. The van der Waals surface area contributed by atoms with E-state index in [4.69, 9.17) is 4.74 Å². The molecule has 0 amide bonds. The van der Waals surface area contributed by atoms with Crippen LogP contribution in [0, 0.1) is 0 Å². The van der Waals surface area contributed by atoms with E-state index in [1.54, 1.807) is 41.8 Å². The van der Waals surface area contributed by atoms with Crippen LogP contribution in [0.1, 0.15) is 0 Å². The number of methoxy groups -OCH3 is 1. The third-order valence-electron chi connectivity index (χ3n) is 3.62. The van der Waals surface area contributed by atoms with E-state index in [2.05, 4.69) is 9.88 Å². The lowest BCUT2D eigenvalue weighted by molar-refractivity contribution is 0.374. The maximum absolute atomic E-state index is 12.8. The number of anilines is 1. The molecule has 2 heterocycles. The summed E-state index contributed by atoms with van der Waals surface area (Å²) in [5, 5.41) is 2.86. The Hall–Kier alpha value is -1.64. The molecule has 118 valence electrons. The number of ether oxygens (including phenoxy) is 1. The highest BCUT2D eigenvalue weighted by atomic mass is 32.2. The summed E-state index contributed by atoms with van der Waals surface area (Å²) in [6, 6.07) is 6.72. The van der Waals surface area contributed by atoms with Gasteiger partial charge < -0.3 is 9.64 Å². The molecule has 0 N–H and O–H groups in total. The van der Waals surface area contributed by atoms with Crippen molar-refractivity contribution in [2.45, 2.75) is 4.90 Å². The Morgan fingerprint density at radius 2 is 1.91 bits per heavy atom. The van der Waals surface area contributed by atoms with Crippen LogP contribution in [0.15, 0.2) is 40.7 Å². The van der Waals surface area contributed by atoms with Gasteiger partial charge in [-0.3, -0.25) is 0 Å². The number of sulfonamides is 1. The molecule has 1 aromatic heterocycles. The van der Waals surface area contributed by atoms with Crippen molar-refractivity contribution in [3.05, 3.63) is 35.8 Å². The van der Waals surface area contributed by atoms with Gasteiger partial charge in [-0.05, 0) is 12.1 Å². The summed E-state index contributed by atoms with van der Waals surface area (Å²) >= 11 is 1.57. The third-order valence-corrected chi connectivity index (χ3v) is 6.39. The van der Waals surface area contributed by atoms with Crippen LogP contribution in [-0.2, 0) is 10.0 Å².